The first-order valence-corrected chi connectivity index (χ1v) is 10.1. The summed E-state index contributed by atoms with van der Waals surface area (Å²) in [6.45, 7) is 2.09. The molecule has 3 aromatic heterocycles. The van der Waals surface area contributed by atoms with E-state index in [1.54, 1.807) is 21.8 Å². The van der Waals surface area contributed by atoms with E-state index in [-0.39, 0.29) is 6.04 Å². The maximum atomic E-state index is 8.94. The van der Waals surface area contributed by atoms with E-state index in [1.165, 1.54) is 5.56 Å². The van der Waals surface area contributed by atoms with Crippen LogP contribution >= 0.6 is 0 Å². The van der Waals surface area contributed by atoms with Crippen molar-refractivity contribution in [2.45, 2.75) is 12.6 Å². The van der Waals surface area contributed by atoms with Gasteiger partial charge >= 0.3 is 0 Å². The van der Waals surface area contributed by atoms with Gasteiger partial charge in [0.05, 0.1) is 24.5 Å². The summed E-state index contributed by atoms with van der Waals surface area (Å²) in [4.78, 5) is 4.55. The van der Waals surface area contributed by atoms with E-state index >= 15 is 0 Å². The Morgan fingerprint density at radius 2 is 1.87 bits per heavy atom. The molecular weight excluding hydrogens is 388 g/mol. The predicted octanol–water partition coefficient (Wildman–Crippen LogP) is 2.99. The Hall–Kier alpha value is -3.96. The number of benzene rings is 1. The van der Waals surface area contributed by atoms with Crippen molar-refractivity contribution in [1.29, 1.82) is 5.26 Å². The normalized spacial score (nSPS) is 11.7. The minimum Gasteiger partial charge on any atom is -0.368 e. The fourth-order valence-corrected chi connectivity index (χ4v) is 3.34. The summed E-state index contributed by atoms with van der Waals surface area (Å²) in [5.41, 5.74) is 3.85. The van der Waals surface area contributed by atoms with Crippen molar-refractivity contribution >= 4 is 5.82 Å². The predicted molar refractivity (Wildman–Crippen MR) is 119 cm³/mol. The lowest BCUT2D eigenvalue weighted by molar-refractivity contribution is 0.497. The Balaban J connectivity index is 1.37. The van der Waals surface area contributed by atoms with Crippen molar-refractivity contribution in [2.24, 2.45) is 7.05 Å². The van der Waals surface area contributed by atoms with Gasteiger partial charge in [-0.25, -0.2) is 4.98 Å². The maximum Gasteiger partial charge on any atom is 0.125 e. The zero-order valence-corrected chi connectivity index (χ0v) is 17.3. The highest BCUT2D eigenvalue weighted by Crippen LogP contribution is 2.19. The van der Waals surface area contributed by atoms with Crippen molar-refractivity contribution in [2.75, 3.05) is 18.4 Å². The first-order chi connectivity index (χ1) is 15.2. The third-order valence-corrected chi connectivity index (χ3v) is 4.98. The molecule has 31 heavy (non-hydrogen) atoms. The molecule has 1 aromatic carbocycles. The van der Waals surface area contributed by atoms with E-state index < -0.39 is 0 Å². The molecule has 0 aliphatic rings. The molecule has 0 saturated carbocycles. The summed E-state index contributed by atoms with van der Waals surface area (Å²) >= 11 is 0. The lowest BCUT2D eigenvalue weighted by Gasteiger charge is -2.20. The van der Waals surface area contributed by atoms with Crippen molar-refractivity contribution in [1.82, 2.24) is 29.9 Å². The molecule has 0 amide bonds. The van der Waals surface area contributed by atoms with Gasteiger partial charge in [0.2, 0.25) is 0 Å². The lowest BCUT2D eigenvalue weighted by atomic mass is 10.1. The second kappa shape index (κ2) is 9.69. The average Bonchev–Trinajstić information content (AvgIpc) is 3.46. The van der Waals surface area contributed by atoms with Crippen LogP contribution in [-0.4, -0.2) is 37.6 Å². The van der Waals surface area contributed by atoms with Gasteiger partial charge in [0, 0.05) is 55.9 Å². The number of rotatable bonds is 9. The molecule has 8 nitrogen and oxygen atoms in total. The maximum absolute atomic E-state index is 8.94. The first kappa shape index (κ1) is 20.3. The van der Waals surface area contributed by atoms with Crippen LogP contribution < -0.4 is 10.6 Å². The van der Waals surface area contributed by atoms with Gasteiger partial charge in [-0.05, 0) is 17.7 Å². The molecule has 0 unspecified atom stereocenters. The van der Waals surface area contributed by atoms with E-state index in [2.05, 4.69) is 44.0 Å². The number of hydrogen-bond donors (Lipinski definition) is 2. The van der Waals surface area contributed by atoms with E-state index in [9.17, 15) is 0 Å². The fourth-order valence-electron chi connectivity index (χ4n) is 3.34. The van der Waals surface area contributed by atoms with Crippen LogP contribution in [0.3, 0.4) is 0 Å². The standard InChI is InChI=1S/C23H24N8/c1-30-17-21(14-28-30)20-7-8-23(26-13-20)27-15-22(19-5-3-2-4-6-19)25-9-10-31-16-18(11-24)12-29-31/h2-8,12-14,16-17,22,25H,9-10,15H2,1H3,(H,26,27)/t22-/m1/s1. The molecule has 0 spiro atoms. The van der Waals surface area contributed by atoms with E-state index in [0.29, 0.717) is 18.7 Å². The molecular formula is C23H24N8. The monoisotopic (exact) mass is 412 g/mol. The van der Waals surface area contributed by atoms with Crippen LogP contribution in [0, 0.1) is 11.3 Å². The Morgan fingerprint density at radius 3 is 2.55 bits per heavy atom. The number of hydrogen-bond acceptors (Lipinski definition) is 6. The van der Waals surface area contributed by atoms with Crippen LogP contribution in [0.4, 0.5) is 5.82 Å². The van der Waals surface area contributed by atoms with E-state index in [1.807, 2.05) is 56.0 Å². The molecule has 2 N–H and O–H groups in total. The van der Waals surface area contributed by atoms with Crippen LogP contribution in [0.15, 0.2) is 73.4 Å². The number of anilines is 1. The van der Waals surface area contributed by atoms with E-state index in [4.69, 9.17) is 5.26 Å². The largest absolute Gasteiger partial charge is 0.368 e. The van der Waals surface area contributed by atoms with Gasteiger partial charge in [-0.15, -0.1) is 0 Å². The zero-order valence-electron chi connectivity index (χ0n) is 17.3. The van der Waals surface area contributed by atoms with Crippen LogP contribution in [0.1, 0.15) is 17.2 Å². The van der Waals surface area contributed by atoms with E-state index in [0.717, 1.165) is 23.5 Å². The third-order valence-electron chi connectivity index (χ3n) is 4.98. The molecule has 0 radical (unpaired) electrons. The Kier molecular flexibility index (Phi) is 6.35. The number of nitrogens with one attached hydrogen (secondary N) is 2. The highest BCUT2D eigenvalue weighted by molar-refractivity contribution is 5.62. The van der Waals surface area contributed by atoms with Crippen LogP contribution in [0.5, 0.6) is 0 Å². The number of aryl methyl sites for hydroxylation is 1. The van der Waals surface area contributed by atoms with Crippen LogP contribution in [-0.2, 0) is 13.6 Å². The van der Waals surface area contributed by atoms with Gasteiger partial charge in [-0.2, -0.15) is 15.5 Å². The van der Waals surface area contributed by atoms with Crippen molar-refractivity contribution in [3.8, 4) is 17.2 Å². The van der Waals surface area contributed by atoms with Gasteiger partial charge in [-0.1, -0.05) is 30.3 Å². The van der Waals surface area contributed by atoms with Gasteiger partial charge in [0.15, 0.2) is 0 Å². The Labute approximate surface area is 181 Å². The molecule has 8 heteroatoms. The number of aromatic nitrogens is 5. The highest BCUT2D eigenvalue weighted by atomic mass is 15.3. The van der Waals surface area contributed by atoms with Gasteiger partial charge in [0.1, 0.15) is 11.9 Å². The third kappa shape index (κ3) is 5.35. The van der Waals surface area contributed by atoms with Crippen LogP contribution in [0.2, 0.25) is 0 Å². The smallest absolute Gasteiger partial charge is 0.125 e. The minimum atomic E-state index is 0.104. The van der Waals surface area contributed by atoms with Crippen LogP contribution in [0.25, 0.3) is 11.1 Å². The van der Waals surface area contributed by atoms with Crippen molar-refractivity contribution in [3.63, 3.8) is 0 Å². The SMILES string of the molecule is Cn1cc(-c2ccc(NC[C@@H](NCCn3cc(C#N)cn3)c3ccccc3)nc2)cn1. The molecule has 3 heterocycles. The summed E-state index contributed by atoms with van der Waals surface area (Å²) in [5.74, 6) is 0.820. The summed E-state index contributed by atoms with van der Waals surface area (Å²) in [6.07, 6.45) is 8.99. The molecule has 0 fully saturated rings. The number of pyridine rings is 1. The fraction of sp³-hybridized carbons (Fsp3) is 0.217. The Bertz CT molecular complexity index is 1140. The molecule has 0 aliphatic carbocycles. The van der Waals surface area contributed by atoms with Crippen molar-refractivity contribution in [3.05, 3.63) is 84.6 Å². The molecule has 0 bridgehead atoms. The highest BCUT2D eigenvalue weighted by Gasteiger charge is 2.11. The molecule has 4 rings (SSSR count). The van der Waals surface area contributed by atoms with Gasteiger partial charge in [0.25, 0.3) is 0 Å². The summed E-state index contributed by atoms with van der Waals surface area (Å²) in [7, 11) is 1.90. The quantitative estimate of drug-likeness (QED) is 0.439. The molecule has 1 atom stereocenters. The Morgan fingerprint density at radius 1 is 1.00 bits per heavy atom. The number of nitriles is 1. The second-order valence-electron chi connectivity index (χ2n) is 7.24. The topological polar surface area (TPSA) is 96.4 Å². The number of nitrogens with zero attached hydrogens (tertiary/aromatic N) is 6. The van der Waals surface area contributed by atoms with Crippen molar-refractivity contribution < 1.29 is 0 Å². The molecule has 4 aromatic rings. The summed E-state index contributed by atoms with van der Waals surface area (Å²) < 4.78 is 3.56. The van der Waals surface area contributed by atoms with Gasteiger partial charge < -0.3 is 10.6 Å². The second-order valence-corrected chi connectivity index (χ2v) is 7.24. The molecule has 0 aliphatic heterocycles. The summed E-state index contributed by atoms with van der Waals surface area (Å²) in [6, 6.07) is 16.5. The first-order valence-electron chi connectivity index (χ1n) is 10.1. The minimum absolute atomic E-state index is 0.104. The lowest BCUT2D eigenvalue weighted by Crippen LogP contribution is -2.30. The zero-order chi connectivity index (χ0) is 21.5. The molecule has 156 valence electrons. The molecule has 0 saturated heterocycles. The van der Waals surface area contributed by atoms with Gasteiger partial charge in [-0.3, -0.25) is 9.36 Å². The average molecular weight is 413 g/mol. The summed E-state index contributed by atoms with van der Waals surface area (Å²) in [5, 5.41) is 24.4.